The summed E-state index contributed by atoms with van der Waals surface area (Å²) in [6.07, 6.45) is 4.78. The molecule has 1 aliphatic rings. The number of hydrogen-bond donors (Lipinski definition) is 0. The number of hydrogen-bond acceptors (Lipinski definition) is 7. The van der Waals surface area contributed by atoms with E-state index in [-0.39, 0.29) is 19.3 Å². The Bertz CT molecular complexity index is 447. The molecular weight excluding hydrogens is 316 g/mol. The van der Waals surface area contributed by atoms with Gasteiger partial charge in [-0.3, -0.25) is 9.59 Å². The third kappa shape index (κ3) is 7.94. The van der Waals surface area contributed by atoms with Gasteiger partial charge in [0.25, 0.3) is 11.8 Å². The Kier molecular flexibility index (Phi) is 9.48. The summed E-state index contributed by atoms with van der Waals surface area (Å²) in [5.41, 5.74) is 0. The first-order chi connectivity index (χ1) is 11.5. The number of amides is 2. The van der Waals surface area contributed by atoms with E-state index in [9.17, 15) is 14.4 Å². The summed E-state index contributed by atoms with van der Waals surface area (Å²) in [7, 11) is 0. The molecule has 0 unspecified atom stereocenters. The van der Waals surface area contributed by atoms with Crippen LogP contribution in [-0.2, 0) is 28.8 Å². The molecule has 136 valence electrons. The molecule has 0 aliphatic carbocycles. The Morgan fingerprint density at radius 1 is 1.08 bits per heavy atom. The molecule has 0 saturated carbocycles. The lowest BCUT2D eigenvalue weighted by atomic mass is 10.1. The third-order valence-electron chi connectivity index (χ3n) is 3.36. The van der Waals surface area contributed by atoms with Crippen molar-refractivity contribution in [3.05, 3.63) is 0 Å². The van der Waals surface area contributed by atoms with Crippen LogP contribution in [0.25, 0.3) is 0 Å². The van der Waals surface area contributed by atoms with Crippen molar-refractivity contribution in [2.45, 2.75) is 65.2 Å². The monoisotopic (exact) mass is 342 g/mol. The van der Waals surface area contributed by atoms with Crippen molar-refractivity contribution in [1.82, 2.24) is 5.06 Å². The van der Waals surface area contributed by atoms with Crippen molar-refractivity contribution in [2.75, 3.05) is 13.2 Å². The summed E-state index contributed by atoms with van der Waals surface area (Å²) < 4.78 is 5.12. The average Bonchev–Trinajstić information content (AvgIpc) is 2.85. The Morgan fingerprint density at radius 3 is 2.38 bits per heavy atom. The van der Waals surface area contributed by atoms with E-state index in [0.717, 1.165) is 25.7 Å². The van der Waals surface area contributed by atoms with Crippen molar-refractivity contribution in [3.63, 3.8) is 0 Å². The summed E-state index contributed by atoms with van der Waals surface area (Å²) in [4.78, 5) is 44.1. The Balaban J connectivity index is 1.96. The van der Waals surface area contributed by atoms with Crippen LogP contribution < -0.4 is 0 Å². The molecule has 0 spiro atoms. The second kappa shape index (κ2) is 11.4. The van der Waals surface area contributed by atoms with Gasteiger partial charge in [0.1, 0.15) is 6.61 Å². The largest absolute Gasteiger partial charge is 0.479 e. The van der Waals surface area contributed by atoms with E-state index in [4.69, 9.17) is 14.4 Å². The van der Waals surface area contributed by atoms with E-state index in [0.29, 0.717) is 30.6 Å². The fourth-order valence-corrected chi connectivity index (χ4v) is 2.14. The first-order valence-corrected chi connectivity index (χ1v) is 8.40. The normalized spacial score (nSPS) is 14.9. The number of ether oxygens (including phenoxy) is 1. The van der Waals surface area contributed by atoms with Crippen molar-refractivity contribution >= 4 is 23.7 Å². The van der Waals surface area contributed by atoms with Crippen molar-refractivity contribution < 1.29 is 28.8 Å². The van der Waals surface area contributed by atoms with Gasteiger partial charge in [-0.15, -0.1) is 5.06 Å². The summed E-state index contributed by atoms with van der Waals surface area (Å²) in [6, 6.07) is 0. The molecule has 0 radical (unpaired) electrons. The minimum absolute atomic E-state index is 0.113. The van der Waals surface area contributed by atoms with Crippen LogP contribution in [0.2, 0.25) is 0 Å². The highest BCUT2D eigenvalue weighted by molar-refractivity contribution is 6.01. The van der Waals surface area contributed by atoms with Gasteiger partial charge >= 0.3 is 5.97 Å². The van der Waals surface area contributed by atoms with Crippen LogP contribution >= 0.6 is 0 Å². The average molecular weight is 342 g/mol. The zero-order valence-corrected chi connectivity index (χ0v) is 14.4. The lowest BCUT2D eigenvalue weighted by molar-refractivity contribution is -0.197. The van der Waals surface area contributed by atoms with Crippen LogP contribution in [0.15, 0.2) is 5.16 Å². The van der Waals surface area contributed by atoms with Gasteiger partial charge in [-0.1, -0.05) is 18.0 Å². The second-order valence-electron chi connectivity index (χ2n) is 5.44. The molecular formula is C16H26N2O6. The van der Waals surface area contributed by atoms with E-state index in [1.54, 1.807) is 6.92 Å². The SMILES string of the molecule is CCO/C(C)=N\OCCCCCCCC(=O)ON1C(=O)CCC1=O. The fraction of sp³-hybridized carbons (Fsp3) is 0.750. The van der Waals surface area contributed by atoms with Crippen LogP contribution in [0, 0.1) is 0 Å². The molecule has 24 heavy (non-hydrogen) atoms. The second-order valence-corrected chi connectivity index (χ2v) is 5.44. The number of carbonyl (C=O) groups excluding carboxylic acids is 3. The molecule has 1 aliphatic heterocycles. The number of nitrogens with zero attached hydrogens (tertiary/aromatic N) is 2. The summed E-state index contributed by atoms with van der Waals surface area (Å²) in [5, 5.41) is 4.39. The van der Waals surface area contributed by atoms with E-state index >= 15 is 0 Å². The van der Waals surface area contributed by atoms with Gasteiger partial charge in [0.2, 0.25) is 5.90 Å². The van der Waals surface area contributed by atoms with Crippen molar-refractivity contribution in [1.29, 1.82) is 0 Å². The van der Waals surface area contributed by atoms with Crippen LogP contribution in [0.5, 0.6) is 0 Å². The minimum Gasteiger partial charge on any atom is -0.479 e. The van der Waals surface area contributed by atoms with E-state index < -0.39 is 17.8 Å². The van der Waals surface area contributed by atoms with Crippen molar-refractivity contribution in [2.24, 2.45) is 5.16 Å². The number of hydroxylamine groups is 2. The van der Waals surface area contributed by atoms with E-state index in [1.165, 1.54) is 0 Å². The molecule has 0 bridgehead atoms. The molecule has 0 N–H and O–H groups in total. The maximum Gasteiger partial charge on any atom is 0.333 e. The highest BCUT2D eigenvalue weighted by Crippen LogP contribution is 2.13. The zero-order chi connectivity index (χ0) is 17.8. The third-order valence-corrected chi connectivity index (χ3v) is 3.36. The standard InChI is InChI=1S/C16H26N2O6/c1-3-22-13(2)17-23-12-8-6-4-5-7-9-16(21)24-18-14(19)10-11-15(18)20/h3-12H2,1-2H3/b17-13-. The highest BCUT2D eigenvalue weighted by Gasteiger charge is 2.32. The van der Waals surface area contributed by atoms with Gasteiger partial charge in [0, 0.05) is 26.2 Å². The number of rotatable bonds is 11. The molecule has 1 heterocycles. The number of oxime groups is 1. The number of carbonyl (C=O) groups is 3. The minimum atomic E-state index is -0.539. The molecule has 0 aromatic heterocycles. The molecule has 2 amide bonds. The summed E-state index contributed by atoms with van der Waals surface area (Å²) in [5.74, 6) is -0.917. The molecule has 1 fully saturated rings. The summed E-state index contributed by atoms with van der Waals surface area (Å²) in [6.45, 7) is 4.73. The zero-order valence-electron chi connectivity index (χ0n) is 14.4. The molecule has 0 atom stereocenters. The van der Waals surface area contributed by atoms with Crippen LogP contribution in [0.4, 0.5) is 0 Å². The van der Waals surface area contributed by atoms with Crippen LogP contribution in [0.1, 0.15) is 65.2 Å². The first-order valence-electron chi connectivity index (χ1n) is 8.40. The molecule has 0 aromatic rings. The van der Waals surface area contributed by atoms with E-state index in [1.807, 2.05) is 6.92 Å². The van der Waals surface area contributed by atoms with Crippen LogP contribution in [0.3, 0.4) is 0 Å². The van der Waals surface area contributed by atoms with Gasteiger partial charge in [-0.25, -0.2) is 4.79 Å². The maximum absolute atomic E-state index is 11.6. The molecule has 1 rings (SSSR count). The first kappa shape index (κ1) is 19.9. The van der Waals surface area contributed by atoms with Crippen LogP contribution in [-0.4, -0.2) is 42.0 Å². The predicted octanol–water partition coefficient (Wildman–Crippen LogP) is 2.32. The van der Waals surface area contributed by atoms with Gasteiger partial charge in [-0.2, -0.15) is 0 Å². The molecule has 1 saturated heterocycles. The quantitative estimate of drug-likeness (QED) is 0.188. The number of imide groups is 1. The highest BCUT2D eigenvalue weighted by atomic mass is 16.7. The molecule has 8 heteroatoms. The smallest absolute Gasteiger partial charge is 0.333 e. The Labute approximate surface area is 142 Å². The molecule has 0 aromatic carbocycles. The summed E-state index contributed by atoms with van der Waals surface area (Å²) >= 11 is 0. The van der Waals surface area contributed by atoms with Gasteiger partial charge in [0.05, 0.1) is 6.61 Å². The fourth-order valence-electron chi connectivity index (χ4n) is 2.14. The lowest BCUT2D eigenvalue weighted by Gasteiger charge is -2.12. The molecule has 8 nitrogen and oxygen atoms in total. The predicted molar refractivity (Wildman–Crippen MR) is 85.6 cm³/mol. The maximum atomic E-state index is 11.6. The van der Waals surface area contributed by atoms with E-state index in [2.05, 4.69) is 5.16 Å². The number of unbranched alkanes of at least 4 members (excludes halogenated alkanes) is 4. The van der Waals surface area contributed by atoms with Gasteiger partial charge in [-0.05, 0) is 26.2 Å². The van der Waals surface area contributed by atoms with Gasteiger partial charge in [0.15, 0.2) is 0 Å². The Morgan fingerprint density at radius 2 is 1.71 bits per heavy atom. The lowest BCUT2D eigenvalue weighted by Crippen LogP contribution is -2.31. The Hall–Kier alpha value is -2.12. The topological polar surface area (TPSA) is 94.5 Å². The van der Waals surface area contributed by atoms with Gasteiger partial charge < -0.3 is 14.4 Å². The van der Waals surface area contributed by atoms with Crippen molar-refractivity contribution in [3.8, 4) is 0 Å².